The van der Waals surface area contributed by atoms with Crippen molar-refractivity contribution in [3.63, 3.8) is 0 Å². The minimum atomic E-state index is 0.0538. The van der Waals surface area contributed by atoms with Crippen molar-refractivity contribution in [2.24, 2.45) is 0 Å². The molecule has 1 nitrogen and oxygen atoms in total. The van der Waals surface area contributed by atoms with Crippen LogP contribution in [0.1, 0.15) is 15.9 Å². The largest absolute Gasteiger partial charge is 0.289 e. The molecule has 0 heterocycles. The van der Waals surface area contributed by atoms with Crippen molar-refractivity contribution >= 4 is 32.5 Å². The van der Waals surface area contributed by atoms with Crippen LogP contribution in [-0.2, 0) is 0 Å². The SMILES string of the molecule is O=C(c1cccc(Br)c1)c1cccc2ccccc12. The van der Waals surface area contributed by atoms with Gasteiger partial charge in [0.2, 0.25) is 0 Å². The molecule has 19 heavy (non-hydrogen) atoms. The summed E-state index contributed by atoms with van der Waals surface area (Å²) in [4.78, 5) is 12.6. The van der Waals surface area contributed by atoms with Crippen molar-refractivity contribution in [3.8, 4) is 0 Å². The minimum absolute atomic E-state index is 0.0538. The quantitative estimate of drug-likeness (QED) is 0.619. The summed E-state index contributed by atoms with van der Waals surface area (Å²) in [6, 6.07) is 21.3. The molecule has 0 atom stereocenters. The Labute approximate surface area is 120 Å². The number of halogens is 1. The Morgan fingerprint density at radius 3 is 2.42 bits per heavy atom. The summed E-state index contributed by atoms with van der Waals surface area (Å²) < 4.78 is 0.915. The van der Waals surface area contributed by atoms with Crippen LogP contribution in [-0.4, -0.2) is 5.78 Å². The lowest BCUT2D eigenvalue weighted by Gasteiger charge is -2.06. The summed E-state index contributed by atoms with van der Waals surface area (Å²) in [6.45, 7) is 0. The van der Waals surface area contributed by atoms with E-state index < -0.39 is 0 Å². The molecule has 0 fully saturated rings. The van der Waals surface area contributed by atoms with Gasteiger partial charge in [0.25, 0.3) is 0 Å². The zero-order valence-electron chi connectivity index (χ0n) is 10.1. The first kappa shape index (κ1) is 12.1. The van der Waals surface area contributed by atoms with Crippen LogP contribution in [0.15, 0.2) is 71.2 Å². The zero-order chi connectivity index (χ0) is 13.2. The first-order valence-electron chi connectivity index (χ1n) is 6.04. The van der Waals surface area contributed by atoms with Gasteiger partial charge in [-0.05, 0) is 22.9 Å². The molecule has 0 aliphatic carbocycles. The number of hydrogen-bond donors (Lipinski definition) is 0. The first-order valence-corrected chi connectivity index (χ1v) is 6.83. The third kappa shape index (κ3) is 2.32. The molecule has 0 N–H and O–H groups in total. The molecule has 3 aromatic carbocycles. The predicted octanol–water partition coefficient (Wildman–Crippen LogP) is 4.83. The lowest BCUT2D eigenvalue weighted by atomic mass is 9.97. The summed E-state index contributed by atoms with van der Waals surface area (Å²) in [7, 11) is 0. The smallest absolute Gasteiger partial charge is 0.193 e. The summed E-state index contributed by atoms with van der Waals surface area (Å²) in [5.41, 5.74) is 1.45. The van der Waals surface area contributed by atoms with Crippen LogP contribution >= 0.6 is 15.9 Å². The fourth-order valence-electron chi connectivity index (χ4n) is 2.21. The van der Waals surface area contributed by atoms with Gasteiger partial charge >= 0.3 is 0 Å². The predicted molar refractivity (Wildman–Crippen MR) is 81.5 cm³/mol. The highest BCUT2D eigenvalue weighted by Crippen LogP contribution is 2.22. The van der Waals surface area contributed by atoms with Crippen LogP contribution in [0.4, 0.5) is 0 Å². The highest BCUT2D eigenvalue weighted by atomic mass is 79.9. The lowest BCUT2D eigenvalue weighted by molar-refractivity contribution is 0.104. The molecule has 0 saturated heterocycles. The van der Waals surface area contributed by atoms with Gasteiger partial charge in [0, 0.05) is 15.6 Å². The van der Waals surface area contributed by atoms with Crippen molar-refractivity contribution in [2.45, 2.75) is 0 Å². The van der Waals surface area contributed by atoms with Gasteiger partial charge in [0.1, 0.15) is 0 Å². The fourth-order valence-corrected chi connectivity index (χ4v) is 2.61. The average Bonchev–Trinajstić information content (AvgIpc) is 2.46. The Kier molecular flexibility index (Phi) is 3.18. The van der Waals surface area contributed by atoms with E-state index in [0.717, 1.165) is 20.8 Å². The van der Waals surface area contributed by atoms with E-state index in [-0.39, 0.29) is 5.78 Å². The highest BCUT2D eigenvalue weighted by Gasteiger charge is 2.12. The molecule has 3 aromatic rings. The lowest BCUT2D eigenvalue weighted by Crippen LogP contribution is -2.01. The van der Waals surface area contributed by atoms with E-state index in [1.807, 2.05) is 66.7 Å². The molecular weight excluding hydrogens is 300 g/mol. The maximum absolute atomic E-state index is 12.6. The maximum atomic E-state index is 12.6. The highest BCUT2D eigenvalue weighted by molar-refractivity contribution is 9.10. The Bertz CT molecular complexity index is 757. The van der Waals surface area contributed by atoms with Crippen molar-refractivity contribution in [2.75, 3.05) is 0 Å². The molecule has 2 heteroatoms. The molecule has 0 saturated carbocycles. The third-order valence-electron chi connectivity index (χ3n) is 3.12. The normalized spacial score (nSPS) is 10.6. The van der Waals surface area contributed by atoms with Gasteiger partial charge in [-0.2, -0.15) is 0 Å². The Morgan fingerprint density at radius 2 is 1.58 bits per heavy atom. The van der Waals surface area contributed by atoms with Crippen LogP contribution in [0.3, 0.4) is 0 Å². The summed E-state index contributed by atoms with van der Waals surface area (Å²) in [5, 5.41) is 2.08. The van der Waals surface area contributed by atoms with E-state index in [2.05, 4.69) is 15.9 Å². The molecule has 3 rings (SSSR count). The van der Waals surface area contributed by atoms with Crippen molar-refractivity contribution in [1.82, 2.24) is 0 Å². The molecule has 0 unspecified atom stereocenters. The van der Waals surface area contributed by atoms with Crippen molar-refractivity contribution < 1.29 is 4.79 Å². The van der Waals surface area contributed by atoms with Crippen LogP contribution in [0.2, 0.25) is 0 Å². The van der Waals surface area contributed by atoms with E-state index >= 15 is 0 Å². The molecule has 0 aromatic heterocycles. The first-order chi connectivity index (χ1) is 9.25. The number of rotatable bonds is 2. The number of benzene rings is 3. The van der Waals surface area contributed by atoms with Gasteiger partial charge in [-0.3, -0.25) is 4.79 Å². The number of ketones is 1. The molecule has 0 amide bonds. The van der Waals surface area contributed by atoms with E-state index in [4.69, 9.17) is 0 Å². The second-order valence-electron chi connectivity index (χ2n) is 4.37. The van der Waals surface area contributed by atoms with Crippen molar-refractivity contribution in [3.05, 3.63) is 82.3 Å². The summed E-state index contributed by atoms with van der Waals surface area (Å²) >= 11 is 3.40. The monoisotopic (exact) mass is 310 g/mol. The van der Waals surface area contributed by atoms with Crippen molar-refractivity contribution in [1.29, 1.82) is 0 Å². The van der Waals surface area contributed by atoms with E-state index in [1.54, 1.807) is 0 Å². The molecule has 0 aliphatic heterocycles. The molecule has 0 radical (unpaired) electrons. The van der Waals surface area contributed by atoms with Gasteiger partial charge in [0.15, 0.2) is 5.78 Å². The molecule has 92 valence electrons. The van der Waals surface area contributed by atoms with Crippen LogP contribution < -0.4 is 0 Å². The molecular formula is C17H11BrO. The van der Waals surface area contributed by atoms with E-state index in [9.17, 15) is 4.79 Å². The molecule has 0 aliphatic rings. The van der Waals surface area contributed by atoms with Crippen LogP contribution in [0, 0.1) is 0 Å². The second-order valence-corrected chi connectivity index (χ2v) is 5.28. The van der Waals surface area contributed by atoms with Gasteiger partial charge in [-0.15, -0.1) is 0 Å². The summed E-state index contributed by atoms with van der Waals surface area (Å²) in [5.74, 6) is 0.0538. The topological polar surface area (TPSA) is 17.1 Å². The van der Waals surface area contributed by atoms with Gasteiger partial charge in [0.05, 0.1) is 0 Å². The summed E-state index contributed by atoms with van der Waals surface area (Å²) in [6.07, 6.45) is 0. The van der Waals surface area contributed by atoms with Crippen LogP contribution in [0.5, 0.6) is 0 Å². The minimum Gasteiger partial charge on any atom is -0.289 e. The third-order valence-corrected chi connectivity index (χ3v) is 3.61. The maximum Gasteiger partial charge on any atom is 0.193 e. The second kappa shape index (κ2) is 4.98. The number of carbonyl (C=O) groups is 1. The van der Waals surface area contributed by atoms with Gasteiger partial charge in [-0.25, -0.2) is 0 Å². The van der Waals surface area contributed by atoms with E-state index in [0.29, 0.717) is 5.56 Å². The van der Waals surface area contributed by atoms with Crippen LogP contribution in [0.25, 0.3) is 10.8 Å². The fraction of sp³-hybridized carbons (Fsp3) is 0. The number of carbonyl (C=O) groups excluding carboxylic acids is 1. The van der Waals surface area contributed by atoms with Gasteiger partial charge < -0.3 is 0 Å². The zero-order valence-corrected chi connectivity index (χ0v) is 11.7. The number of fused-ring (bicyclic) bond motifs is 1. The Morgan fingerprint density at radius 1 is 0.842 bits per heavy atom. The Balaban J connectivity index is 2.17. The average molecular weight is 311 g/mol. The molecule has 0 spiro atoms. The van der Waals surface area contributed by atoms with E-state index in [1.165, 1.54) is 0 Å². The van der Waals surface area contributed by atoms with Gasteiger partial charge in [-0.1, -0.05) is 70.5 Å². The standard InChI is InChI=1S/C17H11BrO/c18-14-8-3-7-13(11-14)17(19)16-10-4-6-12-5-1-2-9-15(12)16/h1-11H. The number of hydrogen-bond acceptors (Lipinski definition) is 1. The Hall–Kier alpha value is -1.93. The molecule has 0 bridgehead atoms.